The van der Waals surface area contributed by atoms with Gasteiger partial charge < -0.3 is 10.1 Å². The number of pyridine rings is 1. The van der Waals surface area contributed by atoms with Crippen molar-refractivity contribution in [2.24, 2.45) is 0 Å². The highest BCUT2D eigenvalue weighted by Gasteiger charge is 2.09. The number of nitrogens with zero attached hydrogens (tertiary/aromatic N) is 1. The van der Waals surface area contributed by atoms with Gasteiger partial charge in [-0.2, -0.15) is 0 Å². The number of hydrogen-bond acceptors (Lipinski definition) is 4. The molecule has 4 nitrogen and oxygen atoms in total. The number of ether oxygens (including phenoxy) is 1. The van der Waals surface area contributed by atoms with Crippen LogP contribution in [0.2, 0.25) is 0 Å². The van der Waals surface area contributed by atoms with Gasteiger partial charge in [0.05, 0.1) is 23.8 Å². The molecular weight excluding hydrogens is 408 g/mol. The number of hydrogen-bond donors (Lipinski definition) is 1. The molecule has 0 saturated heterocycles. The van der Waals surface area contributed by atoms with Gasteiger partial charge in [-0.3, -0.25) is 4.79 Å². The predicted molar refractivity (Wildman–Crippen MR) is 135 cm³/mol. The van der Waals surface area contributed by atoms with Crippen molar-refractivity contribution in [3.8, 4) is 5.75 Å². The number of fused-ring (bicyclic) bond motifs is 2. The van der Waals surface area contributed by atoms with Crippen LogP contribution < -0.4 is 10.1 Å². The number of methoxy groups -OCH3 is 1. The van der Waals surface area contributed by atoms with Gasteiger partial charge in [-0.1, -0.05) is 54.6 Å². The maximum atomic E-state index is 12.6. The molecule has 0 spiro atoms. The minimum absolute atomic E-state index is 0.0443. The zero-order chi connectivity index (χ0) is 22.6. The minimum atomic E-state index is -0.0443. The molecule has 0 aliphatic rings. The first-order chi connectivity index (χ1) is 16.2. The fourth-order valence-electron chi connectivity index (χ4n) is 3.82. The molecule has 0 bridgehead atoms. The summed E-state index contributed by atoms with van der Waals surface area (Å²) in [6.07, 6.45) is 3.40. The van der Waals surface area contributed by atoms with Gasteiger partial charge in [0.1, 0.15) is 5.75 Å². The van der Waals surface area contributed by atoms with E-state index in [0.717, 1.165) is 44.5 Å². The number of benzene rings is 4. The Balaban J connectivity index is 1.39. The number of anilines is 2. The van der Waals surface area contributed by atoms with E-state index in [2.05, 4.69) is 17.4 Å². The summed E-state index contributed by atoms with van der Waals surface area (Å²) in [6.45, 7) is 0. The van der Waals surface area contributed by atoms with E-state index in [4.69, 9.17) is 9.72 Å². The third kappa shape index (κ3) is 4.32. The van der Waals surface area contributed by atoms with Gasteiger partial charge in [0.25, 0.3) is 0 Å². The van der Waals surface area contributed by atoms with Crippen LogP contribution in [0.25, 0.3) is 27.9 Å². The van der Waals surface area contributed by atoms with E-state index in [1.54, 1.807) is 13.2 Å². The summed E-state index contributed by atoms with van der Waals surface area (Å²) >= 11 is 0. The van der Waals surface area contributed by atoms with E-state index in [0.29, 0.717) is 5.56 Å². The zero-order valence-electron chi connectivity index (χ0n) is 18.2. The van der Waals surface area contributed by atoms with Crippen molar-refractivity contribution in [2.45, 2.75) is 0 Å². The molecule has 1 heterocycles. The molecule has 5 rings (SSSR count). The Morgan fingerprint density at radius 2 is 1.39 bits per heavy atom. The van der Waals surface area contributed by atoms with Gasteiger partial charge in [0.2, 0.25) is 0 Å². The summed E-state index contributed by atoms with van der Waals surface area (Å²) in [7, 11) is 1.63. The van der Waals surface area contributed by atoms with Crippen molar-refractivity contribution in [1.29, 1.82) is 0 Å². The lowest BCUT2D eigenvalue weighted by Crippen LogP contribution is -1.97. The fourth-order valence-corrected chi connectivity index (χ4v) is 3.82. The SMILES string of the molecule is COc1ccc(/C=C/C(=O)c2ccc(Nc3c4ccccc4nc4ccccc34)cc2)cc1. The summed E-state index contributed by atoms with van der Waals surface area (Å²) in [5.74, 6) is 0.744. The maximum absolute atomic E-state index is 12.6. The summed E-state index contributed by atoms with van der Waals surface area (Å²) < 4.78 is 5.16. The summed E-state index contributed by atoms with van der Waals surface area (Å²) in [5.41, 5.74) is 5.37. The number of carbonyl (C=O) groups is 1. The molecule has 33 heavy (non-hydrogen) atoms. The quantitative estimate of drug-likeness (QED) is 0.178. The van der Waals surface area contributed by atoms with Crippen LogP contribution in [0.3, 0.4) is 0 Å². The monoisotopic (exact) mass is 430 g/mol. The molecule has 0 aliphatic heterocycles. The minimum Gasteiger partial charge on any atom is -0.497 e. The lowest BCUT2D eigenvalue weighted by molar-refractivity contribution is 0.104. The van der Waals surface area contributed by atoms with Crippen molar-refractivity contribution < 1.29 is 9.53 Å². The van der Waals surface area contributed by atoms with Crippen LogP contribution in [0.1, 0.15) is 15.9 Å². The highest BCUT2D eigenvalue weighted by Crippen LogP contribution is 2.33. The van der Waals surface area contributed by atoms with E-state index in [1.165, 1.54) is 0 Å². The van der Waals surface area contributed by atoms with Crippen molar-refractivity contribution in [1.82, 2.24) is 4.98 Å². The molecule has 0 aliphatic carbocycles. The van der Waals surface area contributed by atoms with Crippen molar-refractivity contribution >= 4 is 45.0 Å². The molecule has 4 aromatic carbocycles. The summed E-state index contributed by atoms with van der Waals surface area (Å²) in [4.78, 5) is 17.4. The van der Waals surface area contributed by atoms with Gasteiger partial charge in [-0.05, 0) is 60.2 Å². The molecule has 0 unspecified atom stereocenters. The molecule has 0 saturated carbocycles. The number of carbonyl (C=O) groups excluding carboxylic acids is 1. The third-order valence-corrected chi connectivity index (χ3v) is 5.57. The molecule has 1 aromatic heterocycles. The molecule has 5 aromatic rings. The lowest BCUT2D eigenvalue weighted by atomic mass is 10.1. The van der Waals surface area contributed by atoms with Gasteiger partial charge in [0.15, 0.2) is 5.78 Å². The van der Waals surface area contributed by atoms with Crippen LogP contribution in [-0.2, 0) is 0 Å². The summed E-state index contributed by atoms with van der Waals surface area (Å²) in [5, 5.41) is 5.65. The Morgan fingerprint density at radius 1 is 0.788 bits per heavy atom. The second-order valence-electron chi connectivity index (χ2n) is 7.69. The Morgan fingerprint density at radius 3 is 2.00 bits per heavy atom. The van der Waals surface area contributed by atoms with E-state index in [-0.39, 0.29) is 5.78 Å². The van der Waals surface area contributed by atoms with E-state index in [1.807, 2.05) is 91.0 Å². The number of para-hydroxylation sites is 2. The topological polar surface area (TPSA) is 51.2 Å². The Kier molecular flexibility index (Phi) is 5.56. The average Bonchev–Trinajstić information content (AvgIpc) is 2.88. The highest BCUT2D eigenvalue weighted by molar-refractivity contribution is 6.09. The highest BCUT2D eigenvalue weighted by atomic mass is 16.5. The molecular formula is C29H22N2O2. The smallest absolute Gasteiger partial charge is 0.185 e. The Labute approximate surface area is 192 Å². The summed E-state index contributed by atoms with van der Waals surface area (Å²) in [6, 6.07) is 31.3. The molecule has 0 radical (unpaired) electrons. The number of ketones is 1. The number of nitrogens with one attached hydrogen (secondary N) is 1. The Hall–Kier alpha value is -4.44. The van der Waals surface area contributed by atoms with Crippen LogP contribution in [-0.4, -0.2) is 17.9 Å². The molecule has 0 amide bonds. The van der Waals surface area contributed by atoms with Crippen molar-refractivity contribution in [3.05, 3.63) is 114 Å². The normalized spacial score (nSPS) is 11.2. The lowest BCUT2D eigenvalue weighted by Gasteiger charge is -2.13. The van der Waals surface area contributed by atoms with Crippen molar-refractivity contribution in [3.63, 3.8) is 0 Å². The van der Waals surface area contributed by atoms with Gasteiger partial charge in [-0.15, -0.1) is 0 Å². The zero-order valence-corrected chi connectivity index (χ0v) is 18.2. The van der Waals surface area contributed by atoms with Crippen LogP contribution in [0, 0.1) is 0 Å². The van der Waals surface area contributed by atoms with Crippen LogP contribution >= 0.6 is 0 Å². The number of allylic oxidation sites excluding steroid dienone is 1. The van der Waals surface area contributed by atoms with Gasteiger partial charge in [-0.25, -0.2) is 4.98 Å². The second kappa shape index (κ2) is 8.97. The fraction of sp³-hybridized carbons (Fsp3) is 0.0345. The van der Waals surface area contributed by atoms with Crippen LogP contribution in [0.5, 0.6) is 5.75 Å². The van der Waals surface area contributed by atoms with E-state index in [9.17, 15) is 4.79 Å². The Bertz CT molecular complexity index is 1420. The molecule has 0 atom stereocenters. The number of rotatable bonds is 6. The average molecular weight is 431 g/mol. The third-order valence-electron chi connectivity index (χ3n) is 5.57. The predicted octanol–water partition coefficient (Wildman–Crippen LogP) is 7.04. The molecule has 1 N–H and O–H groups in total. The first-order valence-electron chi connectivity index (χ1n) is 10.7. The van der Waals surface area contributed by atoms with E-state index >= 15 is 0 Å². The van der Waals surface area contributed by atoms with E-state index < -0.39 is 0 Å². The second-order valence-corrected chi connectivity index (χ2v) is 7.69. The van der Waals surface area contributed by atoms with Crippen LogP contribution in [0.4, 0.5) is 11.4 Å². The first kappa shape index (κ1) is 20.5. The molecule has 0 fully saturated rings. The molecule has 4 heteroatoms. The molecule has 160 valence electrons. The van der Waals surface area contributed by atoms with Gasteiger partial charge in [0, 0.05) is 22.0 Å². The van der Waals surface area contributed by atoms with Crippen molar-refractivity contribution in [2.75, 3.05) is 12.4 Å². The first-order valence-corrected chi connectivity index (χ1v) is 10.7. The van der Waals surface area contributed by atoms with Gasteiger partial charge >= 0.3 is 0 Å². The maximum Gasteiger partial charge on any atom is 0.185 e. The largest absolute Gasteiger partial charge is 0.497 e. The number of aromatic nitrogens is 1. The van der Waals surface area contributed by atoms with Crippen LogP contribution in [0.15, 0.2) is 103 Å². The standard InChI is InChI=1S/C29H22N2O2/c1-33-23-17-10-20(11-18-23)12-19-28(32)21-13-15-22(16-14-21)30-29-24-6-2-4-8-26(24)31-27-9-5-3-7-25(27)29/h2-19H,1H3,(H,30,31)/b19-12+.